The van der Waals surface area contributed by atoms with Crippen LogP contribution in [0.5, 0.6) is 0 Å². The molecule has 0 aliphatic rings. The second kappa shape index (κ2) is 10.4. The van der Waals surface area contributed by atoms with Gasteiger partial charge in [-0.25, -0.2) is 8.78 Å². The van der Waals surface area contributed by atoms with E-state index in [0.717, 1.165) is 6.07 Å². The summed E-state index contributed by atoms with van der Waals surface area (Å²) in [5, 5.41) is 12.4. The minimum atomic E-state index is -1.50. The first kappa shape index (κ1) is 23.0. The van der Waals surface area contributed by atoms with Crippen molar-refractivity contribution in [2.45, 2.75) is 33.0 Å². The van der Waals surface area contributed by atoms with Crippen LogP contribution >= 0.6 is 0 Å². The summed E-state index contributed by atoms with van der Waals surface area (Å²) in [5.41, 5.74) is 6.19. The number of amidine groups is 1. The zero-order chi connectivity index (χ0) is 22.3. The molecule has 0 saturated heterocycles. The molecule has 0 bridgehead atoms. The van der Waals surface area contributed by atoms with Gasteiger partial charge in [-0.15, -0.1) is 0 Å². The zero-order valence-electron chi connectivity index (χ0n) is 16.7. The first-order chi connectivity index (χ1) is 14.2. The van der Waals surface area contributed by atoms with Gasteiger partial charge in [-0.2, -0.15) is 0 Å². The van der Waals surface area contributed by atoms with Crippen molar-refractivity contribution in [1.29, 1.82) is 5.41 Å². The fourth-order valence-electron chi connectivity index (χ4n) is 2.75. The third-order valence-corrected chi connectivity index (χ3v) is 4.30. The molecular weight excluding hydrogens is 394 g/mol. The van der Waals surface area contributed by atoms with Gasteiger partial charge >= 0.3 is 0 Å². The average molecular weight is 418 g/mol. The second-order valence-electron chi connectivity index (χ2n) is 6.51. The van der Waals surface area contributed by atoms with E-state index >= 15 is 0 Å². The monoisotopic (exact) mass is 418 g/mol. The Hall–Kier alpha value is -3.33. The summed E-state index contributed by atoms with van der Waals surface area (Å²) in [6, 6.07) is 8.88. The molecule has 0 spiro atoms. The first-order valence-corrected chi connectivity index (χ1v) is 9.28. The van der Waals surface area contributed by atoms with Crippen LogP contribution in [-0.2, 0) is 27.4 Å². The van der Waals surface area contributed by atoms with Crippen LogP contribution in [0.1, 0.15) is 42.2 Å². The smallest absolute Gasteiger partial charge is 0.254 e. The molecule has 0 heterocycles. The van der Waals surface area contributed by atoms with E-state index in [-0.39, 0.29) is 37.0 Å². The van der Waals surface area contributed by atoms with Crippen molar-refractivity contribution in [3.63, 3.8) is 0 Å². The largest absolute Gasteiger partial charge is 0.384 e. The fourth-order valence-corrected chi connectivity index (χ4v) is 2.75. The summed E-state index contributed by atoms with van der Waals surface area (Å²) in [5.74, 6) is -3.01. The Labute approximate surface area is 173 Å². The molecule has 30 heavy (non-hydrogen) atoms. The van der Waals surface area contributed by atoms with Gasteiger partial charge in [0.15, 0.2) is 6.10 Å². The van der Waals surface area contributed by atoms with Crippen molar-refractivity contribution in [2.24, 2.45) is 5.73 Å². The molecule has 7 nitrogen and oxygen atoms in total. The molecule has 2 amide bonds. The van der Waals surface area contributed by atoms with Crippen LogP contribution in [0.15, 0.2) is 36.4 Å². The van der Waals surface area contributed by atoms with Crippen LogP contribution in [0.3, 0.4) is 0 Å². The van der Waals surface area contributed by atoms with Crippen LogP contribution in [0.2, 0.25) is 0 Å². The Bertz CT molecular complexity index is 933. The van der Waals surface area contributed by atoms with Crippen LogP contribution in [-0.4, -0.2) is 24.3 Å². The SMILES string of the molecule is CCOC(C(=O)NCc1ccc(C(=N)N)cc1)c1c(F)ccc(CNC(C)=O)c1F. The molecule has 2 aromatic carbocycles. The van der Waals surface area contributed by atoms with Crippen molar-refractivity contribution < 1.29 is 23.1 Å². The highest BCUT2D eigenvalue weighted by Crippen LogP contribution is 2.27. The molecule has 5 N–H and O–H groups in total. The van der Waals surface area contributed by atoms with Gasteiger partial charge in [-0.3, -0.25) is 15.0 Å². The number of nitrogens with two attached hydrogens (primary N) is 1. The molecule has 1 unspecified atom stereocenters. The molecule has 0 aliphatic carbocycles. The van der Waals surface area contributed by atoms with Gasteiger partial charge in [0.2, 0.25) is 5.91 Å². The number of ether oxygens (including phenoxy) is 1. The van der Waals surface area contributed by atoms with E-state index in [4.69, 9.17) is 15.9 Å². The summed E-state index contributed by atoms with van der Waals surface area (Å²) >= 11 is 0. The molecular formula is C21H24F2N4O3. The van der Waals surface area contributed by atoms with E-state index in [1.807, 2.05) is 0 Å². The number of rotatable bonds is 9. The summed E-state index contributed by atoms with van der Waals surface area (Å²) < 4.78 is 34.7. The number of nitrogen functional groups attached to an aromatic ring is 1. The second-order valence-corrected chi connectivity index (χ2v) is 6.51. The van der Waals surface area contributed by atoms with Gasteiger partial charge in [0.1, 0.15) is 17.5 Å². The first-order valence-electron chi connectivity index (χ1n) is 9.28. The van der Waals surface area contributed by atoms with Crippen LogP contribution in [0, 0.1) is 17.0 Å². The molecule has 1 atom stereocenters. The number of carbonyl (C=O) groups is 2. The molecule has 0 fully saturated rings. The number of hydrogen-bond acceptors (Lipinski definition) is 4. The maximum Gasteiger partial charge on any atom is 0.254 e. The molecule has 2 aromatic rings. The van der Waals surface area contributed by atoms with E-state index < -0.39 is 29.2 Å². The Morgan fingerprint density at radius 3 is 2.33 bits per heavy atom. The van der Waals surface area contributed by atoms with Crippen molar-refractivity contribution in [3.8, 4) is 0 Å². The standard InChI is InChI=1S/C21H24F2N4O3/c1-3-30-19(17-16(22)9-8-15(18(17)23)11-26-12(2)28)21(29)27-10-13-4-6-14(7-5-13)20(24)25/h4-9,19H,3,10-11H2,1-2H3,(H3,24,25)(H,26,28)(H,27,29). The van der Waals surface area contributed by atoms with Gasteiger partial charge in [-0.05, 0) is 18.6 Å². The Kier molecular flexibility index (Phi) is 7.99. The maximum absolute atomic E-state index is 14.9. The van der Waals surface area contributed by atoms with E-state index in [1.54, 1.807) is 31.2 Å². The summed E-state index contributed by atoms with van der Waals surface area (Å²) in [6.07, 6.45) is -1.50. The highest BCUT2D eigenvalue weighted by Gasteiger charge is 2.29. The lowest BCUT2D eigenvalue weighted by molar-refractivity contribution is -0.133. The van der Waals surface area contributed by atoms with E-state index in [2.05, 4.69) is 10.6 Å². The lowest BCUT2D eigenvalue weighted by Gasteiger charge is -2.20. The Balaban J connectivity index is 2.21. The van der Waals surface area contributed by atoms with E-state index in [9.17, 15) is 18.4 Å². The molecule has 160 valence electrons. The van der Waals surface area contributed by atoms with Crippen LogP contribution in [0.4, 0.5) is 8.78 Å². The van der Waals surface area contributed by atoms with Crippen LogP contribution in [0.25, 0.3) is 0 Å². The minimum Gasteiger partial charge on any atom is -0.384 e. The van der Waals surface area contributed by atoms with Gasteiger partial charge in [0.25, 0.3) is 5.91 Å². The minimum absolute atomic E-state index is 0.0407. The van der Waals surface area contributed by atoms with Crippen molar-refractivity contribution in [2.75, 3.05) is 6.61 Å². The van der Waals surface area contributed by atoms with E-state index in [1.165, 1.54) is 13.0 Å². The number of amides is 2. The highest BCUT2D eigenvalue weighted by atomic mass is 19.1. The van der Waals surface area contributed by atoms with E-state index in [0.29, 0.717) is 11.1 Å². The summed E-state index contributed by atoms with van der Waals surface area (Å²) in [6.45, 7) is 2.90. The molecule has 0 aromatic heterocycles. The van der Waals surface area contributed by atoms with Gasteiger partial charge in [0.05, 0.1) is 5.56 Å². The predicted octanol–water partition coefficient (Wildman–Crippen LogP) is 2.28. The third kappa shape index (κ3) is 5.84. The zero-order valence-corrected chi connectivity index (χ0v) is 16.7. The fraction of sp³-hybridized carbons (Fsp3) is 0.286. The molecule has 2 rings (SSSR count). The average Bonchev–Trinajstić information content (AvgIpc) is 2.71. The number of hydrogen-bond donors (Lipinski definition) is 4. The topological polar surface area (TPSA) is 117 Å². The summed E-state index contributed by atoms with van der Waals surface area (Å²) in [4.78, 5) is 23.8. The number of benzene rings is 2. The quantitative estimate of drug-likeness (QED) is 0.369. The van der Waals surface area contributed by atoms with Gasteiger partial charge in [-0.1, -0.05) is 30.3 Å². The highest BCUT2D eigenvalue weighted by molar-refractivity contribution is 5.94. The Morgan fingerprint density at radius 1 is 1.10 bits per heavy atom. The van der Waals surface area contributed by atoms with Crippen molar-refractivity contribution in [1.82, 2.24) is 10.6 Å². The van der Waals surface area contributed by atoms with Crippen molar-refractivity contribution >= 4 is 17.6 Å². The third-order valence-electron chi connectivity index (χ3n) is 4.30. The Morgan fingerprint density at radius 2 is 1.77 bits per heavy atom. The number of halogens is 2. The number of carbonyl (C=O) groups excluding carboxylic acids is 2. The maximum atomic E-state index is 14.9. The predicted molar refractivity (Wildman–Crippen MR) is 108 cm³/mol. The van der Waals surface area contributed by atoms with Crippen LogP contribution < -0.4 is 16.4 Å². The number of nitrogens with one attached hydrogen (secondary N) is 3. The molecule has 0 radical (unpaired) electrons. The van der Waals surface area contributed by atoms with Crippen molar-refractivity contribution in [3.05, 3.63) is 70.3 Å². The molecule has 0 saturated carbocycles. The lowest BCUT2D eigenvalue weighted by Crippen LogP contribution is -2.32. The lowest BCUT2D eigenvalue weighted by atomic mass is 10.0. The molecule has 9 heteroatoms. The normalized spacial score (nSPS) is 11.6. The van der Waals surface area contributed by atoms with Gasteiger partial charge in [0, 0.05) is 37.7 Å². The molecule has 0 aliphatic heterocycles. The van der Waals surface area contributed by atoms with Gasteiger partial charge < -0.3 is 21.1 Å². The summed E-state index contributed by atoms with van der Waals surface area (Å²) in [7, 11) is 0.